The van der Waals surface area contributed by atoms with E-state index < -0.39 is 24.9 Å². The Bertz CT molecular complexity index is 545. The summed E-state index contributed by atoms with van der Waals surface area (Å²) in [5, 5.41) is 0. The van der Waals surface area contributed by atoms with Crippen LogP contribution in [0.4, 0.5) is 18.0 Å². The van der Waals surface area contributed by atoms with Crippen LogP contribution in [0.15, 0.2) is 22.8 Å². The molecule has 1 aliphatic rings. The molecular weight excluding hydrogens is 317 g/mol. The fourth-order valence-corrected chi connectivity index (χ4v) is 2.44. The molecule has 6 nitrogen and oxygen atoms in total. The molecule has 0 aliphatic carbocycles. The van der Waals surface area contributed by atoms with Gasteiger partial charge in [-0.3, -0.25) is 9.69 Å². The maximum atomic E-state index is 12.4. The van der Waals surface area contributed by atoms with E-state index in [1.807, 2.05) is 0 Å². The fourth-order valence-electron chi connectivity index (χ4n) is 2.44. The molecule has 0 unspecified atom stereocenters. The number of alkyl halides is 3. The Morgan fingerprint density at radius 3 is 2.83 bits per heavy atom. The van der Waals surface area contributed by atoms with Crippen LogP contribution in [0.3, 0.4) is 0 Å². The van der Waals surface area contributed by atoms with Crippen LogP contribution in [0, 0.1) is 0 Å². The minimum Gasteiger partial charge on any atom is -0.467 e. The number of halogens is 3. The highest BCUT2D eigenvalue weighted by Crippen LogP contribution is 2.22. The molecule has 0 aromatic carbocycles. The van der Waals surface area contributed by atoms with Crippen LogP contribution in [0.2, 0.25) is 0 Å². The summed E-state index contributed by atoms with van der Waals surface area (Å²) in [6.45, 7) is -1.25. The molecule has 128 valence electrons. The minimum atomic E-state index is -4.59. The fraction of sp³-hybridized carbons (Fsp3) is 0.571. The number of nitrogens with zero attached hydrogens (tertiary/aromatic N) is 2. The number of likely N-dealkylation sites (N-methyl/N-ethyl adjacent to an activating group) is 1. The Labute approximate surface area is 130 Å². The van der Waals surface area contributed by atoms with Crippen molar-refractivity contribution >= 4 is 12.0 Å². The maximum absolute atomic E-state index is 12.4. The first-order chi connectivity index (χ1) is 10.8. The van der Waals surface area contributed by atoms with Crippen LogP contribution >= 0.6 is 0 Å². The van der Waals surface area contributed by atoms with Gasteiger partial charge < -0.3 is 14.1 Å². The van der Waals surface area contributed by atoms with Gasteiger partial charge in [0.05, 0.1) is 12.8 Å². The van der Waals surface area contributed by atoms with Gasteiger partial charge >= 0.3 is 12.3 Å². The number of hydrogen-bond donors (Lipinski definition) is 0. The minimum absolute atomic E-state index is 0.196. The van der Waals surface area contributed by atoms with Crippen LogP contribution in [0.1, 0.15) is 18.6 Å². The maximum Gasteiger partial charge on any atom is 0.422 e. The molecule has 2 amide bonds. The number of rotatable bonds is 4. The van der Waals surface area contributed by atoms with Crippen molar-refractivity contribution in [3.63, 3.8) is 0 Å². The first-order valence-corrected chi connectivity index (χ1v) is 7.05. The smallest absolute Gasteiger partial charge is 0.422 e. The lowest BCUT2D eigenvalue weighted by Crippen LogP contribution is -2.47. The zero-order chi connectivity index (χ0) is 17.0. The predicted molar refractivity (Wildman–Crippen MR) is 72.3 cm³/mol. The molecule has 0 N–H and O–H groups in total. The van der Waals surface area contributed by atoms with E-state index in [1.54, 1.807) is 19.2 Å². The molecule has 1 aromatic rings. The summed E-state index contributed by atoms with van der Waals surface area (Å²) in [5.41, 5.74) is 0. The number of furan rings is 1. The second-order valence-corrected chi connectivity index (χ2v) is 5.29. The van der Waals surface area contributed by atoms with Gasteiger partial charge in [0.25, 0.3) is 0 Å². The van der Waals surface area contributed by atoms with Crippen LogP contribution in [-0.4, -0.2) is 54.2 Å². The number of carbonyl (C=O) groups is 2. The van der Waals surface area contributed by atoms with Crippen molar-refractivity contribution in [3.8, 4) is 0 Å². The Kier molecular flexibility index (Phi) is 5.17. The van der Waals surface area contributed by atoms with E-state index in [2.05, 4.69) is 4.74 Å². The van der Waals surface area contributed by atoms with Crippen LogP contribution < -0.4 is 0 Å². The van der Waals surface area contributed by atoms with Crippen molar-refractivity contribution in [1.82, 2.24) is 9.80 Å². The molecule has 0 bridgehead atoms. The Morgan fingerprint density at radius 2 is 2.22 bits per heavy atom. The first kappa shape index (κ1) is 17.2. The molecule has 0 spiro atoms. The molecule has 1 aromatic heterocycles. The van der Waals surface area contributed by atoms with Crippen LogP contribution in [0.5, 0.6) is 0 Å². The number of amides is 2. The van der Waals surface area contributed by atoms with Gasteiger partial charge in [0.1, 0.15) is 11.8 Å². The highest BCUT2D eigenvalue weighted by atomic mass is 19.4. The lowest BCUT2D eigenvalue weighted by Gasteiger charge is -2.27. The van der Waals surface area contributed by atoms with E-state index in [1.165, 1.54) is 11.2 Å². The number of hydrogen-bond acceptors (Lipinski definition) is 4. The summed E-state index contributed by atoms with van der Waals surface area (Å²) in [7, 11) is 1.54. The van der Waals surface area contributed by atoms with Crippen molar-refractivity contribution < 1.29 is 31.9 Å². The van der Waals surface area contributed by atoms with Crippen LogP contribution in [0.25, 0.3) is 0 Å². The molecule has 23 heavy (non-hydrogen) atoms. The molecule has 0 saturated carbocycles. The third kappa shape index (κ3) is 4.64. The normalized spacial score (nSPS) is 18.1. The standard InChI is InChI=1S/C14H17F3N2O4/c1-18(8-10-4-3-7-22-10)12(20)11-5-2-6-19(11)13(21)23-9-14(15,16)17/h3-4,7,11H,2,5-6,8-9H2,1H3/t11-/m0/s1. The Hall–Kier alpha value is -2.19. The summed E-state index contributed by atoms with van der Waals surface area (Å²) in [4.78, 5) is 26.6. The van der Waals surface area contributed by atoms with E-state index in [0.29, 0.717) is 18.6 Å². The van der Waals surface area contributed by atoms with Gasteiger partial charge in [-0.1, -0.05) is 0 Å². The summed E-state index contributed by atoms with van der Waals surface area (Å²) in [5.74, 6) is 0.216. The second-order valence-electron chi connectivity index (χ2n) is 5.29. The highest BCUT2D eigenvalue weighted by Gasteiger charge is 2.38. The van der Waals surface area contributed by atoms with E-state index in [9.17, 15) is 22.8 Å². The summed E-state index contributed by atoms with van der Waals surface area (Å²) < 4.78 is 45.7. The van der Waals surface area contributed by atoms with Crippen molar-refractivity contribution in [2.24, 2.45) is 0 Å². The van der Waals surface area contributed by atoms with Gasteiger partial charge in [0.2, 0.25) is 5.91 Å². The second kappa shape index (κ2) is 6.93. The average Bonchev–Trinajstić information content (AvgIpc) is 3.14. The van der Waals surface area contributed by atoms with Gasteiger partial charge in [-0.15, -0.1) is 0 Å². The Balaban J connectivity index is 1.94. The molecule has 1 saturated heterocycles. The van der Waals surface area contributed by atoms with Crippen LogP contribution in [-0.2, 0) is 16.1 Å². The van der Waals surface area contributed by atoms with Gasteiger partial charge in [-0.2, -0.15) is 13.2 Å². The SMILES string of the molecule is CN(Cc1ccco1)C(=O)[C@@H]1CCCN1C(=O)OCC(F)(F)F. The van der Waals surface area contributed by atoms with E-state index in [0.717, 1.165) is 4.90 Å². The molecule has 1 aliphatic heterocycles. The molecule has 9 heteroatoms. The number of carbonyl (C=O) groups excluding carboxylic acids is 2. The number of likely N-dealkylation sites (tertiary alicyclic amines) is 1. The van der Waals surface area contributed by atoms with E-state index >= 15 is 0 Å². The van der Waals surface area contributed by atoms with Crippen molar-refractivity contribution in [2.75, 3.05) is 20.2 Å². The molecule has 1 atom stereocenters. The quantitative estimate of drug-likeness (QED) is 0.848. The lowest BCUT2D eigenvalue weighted by molar-refractivity contribution is -0.163. The van der Waals surface area contributed by atoms with Gasteiger partial charge in [0, 0.05) is 13.6 Å². The lowest BCUT2D eigenvalue weighted by atomic mass is 10.2. The van der Waals surface area contributed by atoms with Gasteiger partial charge in [-0.25, -0.2) is 4.79 Å². The predicted octanol–water partition coefficient (Wildman–Crippen LogP) is 2.40. The van der Waals surface area contributed by atoms with E-state index in [-0.39, 0.29) is 19.0 Å². The molecule has 0 radical (unpaired) electrons. The average molecular weight is 334 g/mol. The van der Waals surface area contributed by atoms with E-state index in [4.69, 9.17) is 4.42 Å². The molecule has 1 fully saturated rings. The zero-order valence-electron chi connectivity index (χ0n) is 12.5. The van der Waals surface area contributed by atoms with Gasteiger partial charge in [0.15, 0.2) is 6.61 Å². The topological polar surface area (TPSA) is 63.0 Å². The largest absolute Gasteiger partial charge is 0.467 e. The summed E-state index contributed by atoms with van der Waals surface area (Å²) in [6.07, 6.45) is -3.31. The van der Waals surface area contributed by atoms with Crippen molar-refractivity contribution in [3.05, 3.63) is 24.2 Å². The van der Waals surface area contributed by atoms with Crippen molar-refractivity contribution in [1.29, 1.82) is 0 Å². The summed E-state index contributed by atoms with van der Waals surface area (Å²) in [6, 6.07) is 2.58. The summed E-state index contributed by atoms with van der Waals surface area (Å²) >= 11 is 0. The third-order valence-corrected chi connectivity index (χ3v) is 3.48. The monoisotopic (exact) mass is 334 g/mol. The highest BCUT2D eigenvalue weighted by molar-refractivity contribution is 5.86. The molecular formula is C14H17F3N2O4. The zero-order valence-corrected chi connectivity index (χ0v) is 12.5. The number of ether oxygens (including phenoxy) is 1. The Morgan fingerprint density at radius 1 is 1.48 bits per heavy atom. The molecule has 2 heterocycles. The van der Waals surface area contributed by atoms with Crippen molar-refractivity contribution in [2.45, 2.75) is 31.6 Å². The third-order valence-electron chi connectivity index (χ3n) is 3.48. The molecule has 2 rings (SSSR count). The first-order valence-electron chi connectivity index (χ1n) is 7.05. The van der Waals surface area contributed by atoms with Gasteiger partial charge in [-0.05, 0) is 25.0 Å².